The van der Waals surface area contributed by atoms with E-state index in [9.17, 15) is 5.11 Å². The van der Waals surface area contributed by atoms with E-state index < -0.39 is 0 Å². The van der Waals surface area contributed by atoms with Crippen molar-refractivity contribution < 1.29 is 9.84 Å². The fourth-order valence-corrected chi connectivity index (χ4v) is 2.19. The molecule has 16 heavy (non-hydrogen) atoms. The van der Waals surface area contributed by atoms with Crippen LogP contribution in [0, 0.1) is 5.41 Å². The van der Waals surface area contributed by atoms with Gasteiger partial charge in [0.2, 0.25) is 0 Å². The molecule has 0 spiro atoms. The lowest BCUT2D eigenvalue weighted by Gasteiger charge is -2.13. The van der Waals surface area contributed by atoms with Gasteiger partial charge in [-0.05, 0) is 49.3 Å². The van der Waals surface area contributed by atoms with Crippen molar-refractivity contribution in [3.8, 4) is 5.75 Å². The van der Waals surface area contributed by atoms with Gasteiger partial charge in [-0.2, -0.15) is 0 Å². The van der Waals surface area contributed by atoms with Crippen LogP contribution in [0.1, 0.15) is 25.3 Å². The molecule has 0 bridgehead atoms. The lowest BCUT2D eigenvalue weighted by molar-refractivity contribution is 0.211. The van der Waals surface area contributed by atoms with Crippen LogP contribution in [0.15, 0.2) is 18.2 Å². The zero-order valence-corrected chi connectivity index (χ0v) is 10.3. The standard InChI is InChI=1S/C13H17ClO2/c1-2-16-12-4-3-10(7-11(12)14)8-13(9-15)5-6-13/h3-4,7,15H,2,5-6,8-9H2,1H3. The minimum atomic E-state index is 0.135. The molecule has 2 nitrogen and oxygen atoms in total. The first-order valence-corrected chi connectivity index (χ1v) is 6.09. The molecule has 0 unspecified atom stereocenters. The Morgan fingerprint density at radius 3 is 2.69 bits per heavy atom. The third-order valence-corrected chi connectivity index (χ3v) is 3.46. The van der Waals surface area contributed by atoms with Crippen molar-refractivity contribution in [1.29, 1.82) is 0 Å². The van der Waals surface area contributed by atoms with E-state index in [-0.39, 0.29) is 12.0 Å². The first kappa shape index (κ1) is 11.7. The van der Waals surface area contributed by atoms with Gasteiger partial charge in [0.1, 0.15) is 5.75 Å². The molecule has 1 saturated carbocycles. The molecule has 0 aliphatic heterocycles. The average molecular weight is 241 g/mol. The van der Waals surface area contributed by atoms with E-state index in [1.807, 2.05) is 25.1 Å². The van der Waals surface area contributed by atoms with Crippen LogP contribution in [-0.2, 0) is 6.42 Å². The summed E-state index contributed by atoms with van der Waals surface area (Å²) < 4.78 is 5.38. The maximum absolute atomic E-state index is 9.27. The van der Waals surface area contributed by atoms with Crippen LogP contribution in [0.2, 0.25) is 5.02 Å². The van der Waals surface area contributed by atoms with Crippen molar-refractivity contribution in [3.63, 3.8) is 0 Å². The van der Waals surface area contributed by atoms with E-state index in [0.29, 0.717) is 11.6 Å². The molecular weight excluding hydrogens is 224 g/mol. The SMILES string of the molecule is CCOc1ccc(CC2(CO)CC2)cc1Cl. The molecule has 0 saturated heterocycles. The van der Waals surface area contributed by atoms with Gasteiger partial charge >= 0.3 is 0 Å². The molecule has 1 aliphatic carbocycles. The molecule has 1 fully saturated rings. The Hall–Kier alpha value is -0.730. The molecule has 1 aromatic rings. The Morgan fingerprint density at radius 1 is 1.44 bits per heavy atom. The summed E-state index contributed by atoms with van der Waals surface area (Å²) in [7, 11) is 0. The number of ether oxygens (including phenoxy) is 1. The Morgan fingerprint density at radius 2 is 2.19 bits per heavy atom. The van der Waals surface area contributed by atoms with Crippen molar-refractivity contribution in [2.45, 2.75) is 26.2 Å². The highest BCUT2D eigenvalue weighted by Gasteiger charge is 2.41. The summed E-state index contributed by atoms with van der Waals surface area (Å²) in [6.45, 7) is 2.84. The molecule has 1 N–H and O–H groups in total. The summed E-state index contributed by atoms with van der Waals surface area (Å²) in [6, 6.07) is 5.89. The molecule has 0 atom stereocenters. The summed E-state index contributed by atoms with van der Waals surface area (Å²) in [5.74, 6) is 0.738. The Kier molecular flexibility index (Phi) is 3.41. The van der Waals surface area contributed by atoms with Gasteiger partial charge in [0.05, 0.1) is 11.6 Å². The Balaban J connectivity index is 2.09. The summed E-state index contributed by atoms with van der Waals surface area (Å²) in [4.78, 5) is 0. The molecule has 3 heteroatoms. The Bertz CT molecular complexity index is 372. The van der Waals surface area contributed by atoms with Gasteiger partial charge in [0, 0.05) is 6.61 Å². The predicted molar refractivity (Wildman–Crippen MR) is 65.1 cm³/mol. The first-order valence-electron chi connectivity index (χ1n) is 5.71. The van der Waals surface area contributed by atoms with Gasteiger partial charge in [-0.15, -0.1) is 0 Å². The van der Waals surface area contributed by atoms with Gasteiger partial charge in [0.25, 0.3) is 0 Å². The van der Waals surface area contributed by atoms with Crippen molar-refractivity contribution >= 4 is 11.6 Å². The molecule has 2 rings (SSSR count). The molecule has 0 aromatic heterocycles. The quantitative estimate of drug-likeness (QED) is 0.857. The van der Waals surface area contributed by atoms with E-state index in [1.165, 1.54) is 5.56 Å². The molecule has 1 aliphatic rings. The van der Waals surface area contributed by atoms with Crippen LogP contribution in [0.5, 0.6) is 5.75 Å². The molecule has 1 aromatic carbocycles. The number of hydrogen-bond donors (Lipinski definition) is 1. The third kappa shape index (κ3) is 2.50. The highest BCUT2D eigenvalue weighted by molar-refractivity contribution is 6.32. The molecule has 0 radical (unpaired) electrons. The largest absolute Gasteiger partial charge is 0.492 e. The molecule has 0 heterocycles. The van der Waals surface area contributed by atoms with E-state index in [1.54, 1.807) is 0 Å². The fourth-order valence-electron chi connectivity index (χ4n) is 1.93. The van der Waals surface area contributed by atoms with Crippen LogP contribution in [0.25, 0.3) is 0 Å². The van der Waals surface area contributed by atoms with Gasteiger partial charge in [-0.1, -0.05) is 17.7 Å². The van der Waals surface area contributed by atoms with Crippen LogP contribution >= 0.6 is 11.6 Å². The number of aliphatic hydroxyl groups is 1. The monoisotopic (exact) mass is 240 g/mol. The first-order chi connectivity index (χ1) is 7.69. The van der Waals surface area contributed by atoms with Crippen molar-refractivity contribution in [1.82, 2.24) is 0 Å². The summed E-state index contributed by atoms with van der Waals surface area (Å²) >= 11 is 6.11. The van der Waals surface area contributed by atoms with E-state index in [0.717, 1.165) is 25.0 Å². The summed E-state index contributed by atoms with van der Waals surface area (Å²) in [5, 5.41) is 9.93. The minimum absolute atomic E-state index is 0.135. The van der Waals surface area contributed by atoms with Gasteiger partial charge in [0.15, 0.2) is 0 Å². The normalized spacial score (nSPS) is 17.2. The Labute approximate surface area is 101 Å². The summed E-state index contributed by atoms with van der Waals surface area (Å²) in [6.07, 6.45) is 3.15. The van der Waals surface area contributed by atoms with Gasteiger partial charge < -0.3 is 9.84 Å². The van der Waals surface area contributed by atoms with Crippen LogP contribution in [0.4, 0.5) is 0 Å². The van der Waals surface area contributed by atoms with Crippen LogP contribution in [0.3, 0.4) is 0 Å². The molecule has 0 amide bonds. The van der Waals surface area contributed by atoms with Crippen LogP contribution < -0.4 is 4.74 Å². The third-order valence-electron chi connectivity index (χ3n) is 3.17. The zero-order chi connectivity index (χ0) is 11.6. The molecule has 88 valence electrons. The number of halogens is 1. The van der Waals surface area contributed by atoms with Crippen molar-refractivity contribution in [2.75, 3.05) is 13.2 Å². The predicted octanol–water partition coefficient (Wildman–Crippen LogP) is 3.05. The number of rotatable bonds is 5. The highest BCUT2D eigenvalue weighted by atomic mass is 35.5. The fraction of sp³-hybridized carbons (Fsp3) is 0.538. The number of aliphatic hydroxyl groups excluding tert-OH is 1. The second kappa shape index (κ2) is 4.64. The lowest BCUT2D eigenvalue weighted by Crippen LogP contribution is -2.10. The van der Waals surface area contributed by atoms with Crippen molar-refractivity contribution in [2.24, 2.45) is 5.41 Å². The second-order valence-corrected chi connectivity index (χ2v) is 4.94. The van der Waals surface area contributed by atoms with E-state index in [4.69, 9.17) is 16.3 Å². The topological polar surface area (TPSA) is 29.5 Å². The zero-order valence-electron chi connectivity index (χ0n) is 9.50. The van der Waals surface area contributed by atoms with Crippen LogP contribution in [-0.4, -0.2) is 18.3 Å². The second-order valence-electron chi connectivity index (χ2n) is 4.53. The lowest BCUT2D eigenvalue weighted by atomic mass is 9.97. The number of benzene rings is 1. The summed E-state index contributed by atoms with van der Waals surface area (Å²) in [5.41, 5.74) is 1.32. The smallest absolute Gasteiger partial charge is 0.137 e. The van der Waals surface area contributed by atoms with Gasteiger partial charge in [-0.3, -0.25) is 0 Å². The average Bonchev–Trinajstić information content (AvgIpc) is 3.03. The van der Waals surface area contributed by atoms with E-state index in [2.05, 4.69) is 0 Å². The van der Waals surface area contributed by atoms with E-state index >= 15 is 0 Å². The molecular formula is C13H17ClO2. The van der Waals surface area contributed by atoms with Crippen molar-refractivity contribution in [3.05, 3.63) is 28.8 Å². The minimum Gasteiger partial charge on any atom is -0.492 e. The number of hydrogen-bond acceptors (Lipinski definition) is 2. The maximum Gasteiger partial charge on any atom is 0.137 e. The maximum atomic E-state index is 9.27. The van der Waals surface area contributed by atoms with Gasteiger partial charge in [-0.25, -0.2) is 0 Å². The highest BCUT2D eigenvalue weighted by Crippen LogP contribution is 2.48.